The quantitative estimate of drug-likeness (QED) is 0.203. The van der Waals surface area contributed by atoms with Crippen LogP contribution in [0, 0.1) is 0 Å². The van der Waals surface area contributed by atoms with Crippen molar-refractivity contribution < 1.29 is 9.47 Å². The van der Waals surface area contributed by atoms with Crippen molar-refractivity contribution >= 4 is 29.9 Å². The van der Waals surface area contributed by atoms with Crippen molar-refractivity contribution in [2.75, 3.05) is 53.0 Å². The van der Waals surface area contributed by atoms with Gasteiger partial charge in [-0.3, -0.25) is 9.89 Å². The smallest absolute Gasteiger partial charge is 0.193 e. The van der Waals surface area contributed by atoms with Crippen molar-refractivity contribution in [1.82, 2.24) is 15.1 Å². The van der Waals surface area contributed by atoms with E-state index >= 15 is 0 Å². The van der Waals surface area contributed by atoms with E-state index in [2.05, 4.69) is 52.4 Å². The van der Waals surface area contributed by atoms with E-state index in [4.69, 9.17) is 14.5 Å². The summed E-state index contributed by atoms with van der Waals surface area (Å²) in [5.41, 5.74) is 1.40. The zero-order chi connectivity index (χ0) is 21.7. The van der Waals surface area contributed by atoms with Crippen LogP contribution in [0.3, 0.4) is 0 Å². The lowest BCUT2D eigenvalue weighted by Crippen LogP contribution is -2.48. The van der Waals surface area contributed by atoms with Gasteiger partial charge in [0.15, 0.2) is 5.96 Å². The van der Waals surface area contributed by atoms with Crippen molar-refractivity contribution in [3.63, 3.8) is 0 Å². The Balaban J connectivity index is 0.00000363. The molecular formula is C25H43IN4O2. The normalized spacial score (nSPS) is 20.8. The van der Waals surface area contributed by atoms with Gasteiger partial charge >= 0.3 is 0 Å². The van der Waals surface area contributed by atoms with E-state index in [9.17, 15) is 0 Å². The van der Waals surface area contributed by atoms with Gasteiger partial charge in [-0.25, -0.2) is 0 Å². The van der Waals surface area contributed by atoms with Gasteiger partial charge in [-0.1, -0.05) is 36.8 Å². The Morgan fingerprint density at radius 1 is 1.06 bits per heavy atom. The number of halogens is 1. The van der Waals surface area contributed by atoms with Gasteiger partial charge in [0.1, 0.15) is 0 Å². The van der Waals surface area contributed by atoms with Crippen LogP contribution in [0.15, 0.2) is 35.3 Å². The highest BCUT2D eigenvalue weighted by molar-refractivity contribution is 14.0. The predicted octanol–water partition coefficient (Wildman–Crippen LogP) is 4.14. The summed E-state index contributed by atoms with van der Waals surface area (Å²) < 4.78 is 11.1. The summed E-state index contributed by atoms with van der Waals surface area (Å²) in [7, 11) is 1.74. The summed E-state index contributed by atoms with van der Waals surface area (Å²) in [6.45, 7) is 9.75. The molecule has 2 heterocycles. The van der Waals surface area contributed by atoms with Gasteiger partial charge in [0.25, 0.3) is 0 Å². The maximum Gasteiger partial charge on any atom is 0.193 e. The molecule has 3 rings (SSSR count). The zero-order valence-electron chi connectivity index (χ0n) is 20.0. The number of guanidine groups is 1. The number of hydrogen-bond donors (Lipinski definition) is 1. The fourth-order valence-corrected chi connectivity index (χ4v) is 4.60. The maximum atomic E-state index is 6.03. The first-order valence-electron chi connectivity index (χ1n) is 12.2. The molecule has 0 aromatic heterocycles. The predicted molar refractivity (Wildman–Crippen MR) is 143 cm³/mol. The average molecular weight is 559 g/mol. The monoisotopic (exact) mass is 558 g/mol. The van der Waals surface area contributed by atoms with Gasteiger partial charge in [0.2, 0.25) is 0 Å². The first-order valence-corrected chi connectivity index (χ1v) is 12.2. The summed E-state index contributed by atoms with van der Waals surface area (Å²) in [4.78, 5) is 10.1. The fraction of sp³-hybridized carbons (Fsp3) is 0.720. The van der Waals surface area contributed by atoms with Crippen molar-refractivity contribution in [2.45, 2.75) is 64.1 Å². The highest BCUT2D eigenvalue weighted by Crippen LogP contribution is 2.20. The van der Waals surface area contributed by atoms with Gasteiger partial charge in [-0.05, 0) is 51.1 Å². The average Bonchev–Trinajstić information content (AvgIpc) is 2.81. The molecule has 0 spiro atoms. The van der Waals surface area contributed by atoms with E-state index in [0.29, 0.717) is 12.1 Å². The number of nitrogens with one attached hydrogen (secondary N) is 1. The largest absolute Gasteiger partial charge is 0.385 e. The van der Waals surface area contributed by atoms with E-state index in [1.807, 2.05) is 0 Å². The molecule has 6 nitrogen and oxygen atoms in total. The molecule has 2 aliphatic rings. The Morgan fingerprint density at radius 3 is 2.56 bits per heavy atom. The highest BCUT2D eigenvalue weighted by Gasteiger charge is 2.25. The topological polar surface area (TPSA) is 49.3 Å². The molecule has 2 fully saturated rings. The van der Waals surface area contributed by atoms with Gasteiger partial charge < -0.3 is 19.7 Å². The molecule has 32 heavy (non-hydrogen) atoms. The molecule has 0 amide bonds. The lowest BCUT2D eigenvalue weighted by atomic mass is 10.0. The first-order chi connectivity index (χ1) is 15.3. The number of methoxy groups -OCH3 is 1. The standard InChI is InChI=1S/C25H42N4O2.HI/c1-3-26-25(28-16-13-24(14-17-28)31-19-9-18-30-2)27-20-23-12-7-8-15-29(23)21-22-10-5-4-6-11-22;/h4-6,10-11,23-24H,3,7-9,12-21H2,1-2H3,(H,26,27);1H. The SMILES string of the molecule is CCNC(=NCC1CCCCN1Cc1ccccc1)N1CCC(OCCCOC)CC1.I. The number of ether oxygens (including phenoxy) is 2. The summed E-state index contributed by atoms with van der Waals surface area (Å²) in [6, 6.07) is 11.4. The second kappa shape index (κ2) is 15.9. The third-order valence-electron chi connectivity index (χ3n) is 6.35. The minimum atomic E-state index is 0. The number of benzene rings is 1. The Labute approximate surface area is 212 Å². The van der Waals surface area contributed by atoms with E-state index in [1.165, 1.54) is 31.4 Å². The van der Waals surface area contributed by atoms with Crippen LogP contribution in [0.2, 0.25) is 0 Å². The summed E-state index contributed by atoms with van der Waals surface area (Å²) in [5, 5.41) is 3.53. The van der Waals surface area contributed by atoms with Crippen molar-refractivity contribution in [1.29, 1.82) is 0 Å². The lowest BCUT2D eigenvalue weighted by Gasteiger charge is -2.36. The summed E-state index contributed by atoms with van der Waals surface area (Å²) >= 11 is 0. The van der Waals surface area contributed by atoms with Crippen LogP contribution in [0.5, 0.6) is 0 Å². The molecule has 1 N–H and O–H groups in total. The van der Waals surface area contributed by atoms with Crippen LogP contribution in [-0.4, -0.2) is 81.0 Å². The summed E-state index contributed by atoms with van der Waals surface area (Å²) in [6.07, 6.45) is 7.34. The molecule has 182 valence electrons. The molecule has 0 bridgehead atoms. The molecule has 1 aromatic rings. The number of aliphatic imine (C=N–C) groups is 1. The van der Waals surface area contributed by atoms with Crippen LogP contribution in [-0.2, 0) is 16.0 Å². The third-order valence-corrected chi connectivity index (χ3v) is 6.35. The Hall–Kier alpha value is -0.900. The number of rotatable bonds is 10. The molecule has 0 aliphatic carbocycles. The number of likely N-dealkylation sites (tertiary alicyclic amines) is 2. The Kier molecular flexibility index (Phi) is 13.5. The van der Waals surface area contributed by atoms with Crippen LogP contribution >= 0.6 is 24.0 Å². The molecule has 0 radical (unpaired) electrons. The van der Waals surface area contributed by atoms with E-state index in [-0.39, 0.29) is 24.0 Å². The minimum absolute atomic E-state index is 0. The molecule has 7 heteroatoms. The molecule has 2 saturated heterocycles. The second-order valence-corrected chi connectivity index (χ2v) is 8.70. The summed E-state index contributed by atoms with van der Waals surface area (Å²) in [5.74, 6) is 1.07. The van der Waals surface area contributed by atoms with Crippen molar-refractivity contribution in [2.24, 2.45) is 4.99 Å². The van der Waals surface area contributed by atoms with Crippen molar-refractivity contribution in [3.8, 4) is 0 Å². The van der Waals surface area contributed by atoms with Gasteiger partial charge in [-0.15, -0.1) is 24.0 Å². The molecule has 1 unspecified atom stereocenters. The number of piperidine rings is 2. The second-order valence-electron chi connectivity index (χ2n) is 8.70. The van der Waals surface area contributed by atoms with Crippen LogP contribution in [0.1, 0.15) is 51.0 Å². The van der Waals surface area contributed by atoms with Gasteiger partial charge in [0, 0.05) is 52.5 Å². The van der Waals surface area contributed by atoms with E-state index in [0.717, 1.165) is 71.2 Å². The lowest BCUT2D eigenvalue weighted by molar-refractivity contribution is 0.00987. The maximum absolute atomic E-state index is 6.03. The number of nitrogens with zero attached hydrogens (tertiary/aromatic N) is 3. The molecule has 1 atom stereocenters. The first kappa shape index (κ1) is 27.3. The molecule has 2 aliphatic heterocycles. The van der Waals surface area contributed by atoms with E-state index in [1.54, 1.807) is 7.11 Å². The van der Waals surface area contributed by atoms with Crippen LogP contribution in [0.4, 0.5) is 0 Å². The zero-order valence-corrected chi connectivity index (χ0v) is 22.3. The van der Waals surface area contributed by atoms with Crippen molar-refractivity contribution in [3.05, 3.63) is 35.9 Å². The third kappa shape index (κ3) is 9.15. The van der Waals surface area contributed by atoms with Gasteiger partial charge in [0.05, 0.1) is 12.6 Å². The number of hydrogen-bond acceptors (Lipinski definition) is 4. The molecular weight excluding hydrogens is 515 g/mol. The molecule has 1 aromatic carbocycles. The fourth-order valence-electron chi connectivity index (χ4n) is 4.60. The minimum Gasteiger partial charge on any atom is -0.385 e. The molecule has 0 saturated carbocycles. The van der Waals surface area contributed by atoms with E-state index < -0.39 is 0 Å². The van der Waals surface area contributed by atoms with Crippen LogP contribution in [0.25, 0.3) is 0 Å². The Bertz CT molecular complexity index is 638. The Morgan fingerprint density at radius 2 is 1.84 bits per heavy atom. The van der Waals surface area contributed by atoms with Gasteiger partial charge in [-0.2, -0.15) is 0 Å². The van der Waals surface area contributed by atoms with Crippen LogP contribution < -0.4 is 5.32 Å². The highest BCUT2D eigenvalue weighted by atomic mass is 127.